The number of carbonyl (C=O) groups excluding carboxylic acids is 1. The number of ether oxygens (including phenoxy) is 1. The summed E-state index contributed by atoms with van der Waals surface area (Å²) >= 11 is 0. The van der Waals surface area contributed by atoms with Gasteiger partial charge in [-0.15, -0.1) is 12.4 Å². The fraction of sp³-hybridized carbons (Fsp3) is 0.300. The number of aromatic hydroxyl groups is 1. The van der Waals surface area contributed by atoms with E-state index in [1.807, 2.05) is 0 Å². The molecule has 1 aromatic rings. The largest absolute Gasteiger partial charge is 0.508 e. The molecular weight excluding hydrogens is 218 g/mol. The summed E-state index contributed by atoms with van der Waals surface area (Å²) in [6.45, 7) is 0. The van der Waals surface area contributed by atoms with E-state index in [1.54, 1.807) is 24.3 Å². The number of esters is 1. The van der Waals surface area contributed by atoms with Crippen molar-refractivity contribution < 1.29 is 14.6 Å². The summed E-state index contributed by atoms with van der Waals surface area (Å²) in [5.41, 5.74) is 6.36. The van der Waals surface area contributed by atoms with Crippen molar-refractivity contribution in [1.82, 2.24) is 0 Å². The van der Waals surface area contributed by atoms with Crippen molar-refractivity contribution in [3.05, 3.63) is 29.8 Å². The fourth-order valence-electron chi connectivity index (χ4n) is 1.17. The number of phenols is 1. The third-order valence-electron chi connectivity index (χ3n) is 1.87. The lowest BCUT2D eigenvalue weighted by atomic mass is 10.1. The van der Waals surface area contributed by atoms with Crippen molar-refractivity contribution in [2.75, 3.05) is 7.11 Å². The molecule has 0 fully saturated rings. The number of methoxy groups -OCH3 is 1. The van der Waals surface area contributed by atoms with Gasteiger partial charge in [0.15, 0.2) is 0 Å². The molecule has 1 unspecified atom stereocenters. The van der Waals surface area contributed by atoms with E-state index in [9.17, 15) is 4.79 Å². The van der Waals surface area contributed by atoms with E-state index in [1.165, 1.54) is 7.11 Å². The van der Waals surface area contributed by atoms with Crippen LogP contribution in [0.2, 0.25) is 0 Å². The average molecular weight is 232 g/mol. The lowest BCUT2D eigenvalue weighted by molar-refractivity contribution is -0.142. The molecule has 0 spiro atoms. The number of carbonyl (C=O) groups is 1. The predicted molar refractivity (Wildman–Crippen MR) is 59.1 cm³/mol. The minimum Gasteiger partial charge on any atom is -0.508 e. The van der Waals surface area contributed by atoms with E-state index in [-0.39, 0.29) is 18.2 Å². The van der Waals surface area contributed by atoms with Crippen LogP contribution in [0.4, 0.5) is 0 Å². The molecule has 0 aliphatic rings. The molecule has 0 aliphatic carbocycles. The zero-order valence-corrected chi connectivity index (χ0v) is 9.16. The van der Waals surface area contributed by atoms with Crippen molar-refractivity contribution >= 4 is 18.4 Å². The van der Waals surface area contributed by atoms with Gasteiger partial charge in [0.05, 0.1) is 7.11 Å². The van der Waals surface area contributed by atoms with Crippen LogP contribution >= 0.6 is 12.4 Å². The number of hydrogen-bond acceptors (Lipinski definition) is 4. The van der Waals surface area contributed by atoms with Gasteiger partial charge >= 0.3 is 5.97 Å². The van der Waals surface area contributed by atoms with E-state index in [0.717, 1.165) is 5.56 Å². The van der Waals surface area contributed by atoms with Gasteiger partial charge in [0.1, 0.15) is 11.8 Å². The number of halogens is 1. The summed E-state index contributed by atoms with van der Waals surface area (Å²) in [4.78, 5) is 11.0. The molecule has 0 saturated heterocycles. The van der Waals surface area contributed by atoms with E-state index in [2.05, 4.69) is 4.74 Å². The lowest BCUT2D eigenvalue weighted by Crippen LogP contribution is -2.33. The van der Waals surface area contributed by atoms with Crippen LogP contribution in [-0.4, -0.2) is 24.2 Å². The summed E-state index contributed by atoms with van der Waals surface area (Å²) in [7, 11) is 1.30. The Hall–Kier alpha value is -1.26. The Morgan fingerprint density at radius 1 is 1.60 bits per heavy atom. The van der Waals surface area contributed by atoms with Gasteiger partial charge in [-0.1, -0.05) is 12.1 Å². The molecule has 0 aliphatic heterocycles. The first-order valence-corrected chi connectivity index (χ1v) is 4.25. The topological polar surface area (TPSA) is 72.5 Å². The SMILES string of the molecule is COC(=O)C(N)Cc1cccc(O)c1.Cl. The second-order valence-electron chi connectivity index (χ2n) is 3.00. The maximum Gasteiger partial charge on any atom is 0.322 e. The van der Waals surface area contributed by atoms with E-state index < -0.39 is 12.0 Å². The molecular formula is C10H14ClNO3. The summed E-state index contributed by atoms with van der Waals surface area (Å²) in [6, 6.07) is 5.95. The number of benzene rings is 1. The minimum atomic E-state index is -0.679. The molecule has 3 N–H and O–H groups in total. The zero-order valence-electron chi connectivity index (χ0n) is 8.34. The van der Waals surface area contributed by atoms with Crippen molar-refractivity contribution in [1.29, 1.82) is 0 Å². The summed E-state index contributed by atoms with van der Waals surface area (Å²) in [5.74, 6) is -0.284. The summed E-state index contributed by atoms with van der Waals surface area (Å²) < 4.78 is 4.49. The van der Waals surface area contributed by atoms with E-state index in [4.69, 9.17) is 10.8 Å². The molecule has 1 atom stereocenters. The quantitative estimate of drug-likeness (QED) is 0.757. The Kier molecular flexibility index (Phi) is 5.74. The molecule has 1 aromatic carbocycles. The third kappa shape index (κ3) is 4.18. The average Bonchev–Trinajstić information content (AvgIpc) is 2.16. The first-order chi connectivity index (χ1) is 6.63. The first-order valence-electron chi connectivity index (χ1n) is 4.25. The molecule has 0 saturated carbocycles. The van der Waals surface area contributed by atoms with Crippen LogP contribution in [0.25, 0.3) is 0 Å². The van der Waals surface area contributed by atoms with Crippen LogP contribution in [0, 0.1) is 0 Å². The second-order valence-corrected chi connectivity index (χ2v) is 3.00. The highest BCUT2D eigenvalue weighted by molar-refractivity contribution is 5.85. The Labute approximate surface area is 94.5 Å². The second kappa shape index (κ2) is 6.27. The van der Waals surface area contributed by atoms with Crippen LogP contribution in [0.5, 0.6) is 5.75 Å². The highest BCUT2D eigenvalue weighted by atomic mass is 35.5. The normalized spacial score (nSPS) is 11.3. The van der Waals surface area contributed by atoms with Crippen molar-refractivity contribution in [2.24, 2.45) is 5.73 Å². The molecule has 15 heavy (non-hydrogen) atoms. The van der Waals surface area contributed by atoms with E-state index in [0.29, 0.717) is 6.42 Å². The fourth-order valence-corrected chi connectivity index (χ4v) is 1.17. The number of phenolic OH excluding ortho intramolecular Hbond substituents is 1. The van der Waals surface area contributed by atoms with E-state index >= 15 is 0 Å². The van der Waals surface area contributed by atoms with Crippen LogP contribution in [0.3, 0.4) is 0 Å². The summed E-state index contributed by atoms with van der Waals surface area (Å²) in [5, 5.41) is 9.16. The molecule has 84 valence electrons. The maximum absolute atomic E-state index is 11.0. The van der Waals surface area contributed by atoms with Gasteiger partial charge in [-0.2, -0.15) is 0 Å². The Morgan fingerprint density at radius 3 is 2.80 bits per heavy atom. The molecule has 0 bridgehead atoms. The van der Waals surface area contributed by atoms with Crippen LogP contribution in [-0.2, 0) is 16.0 Å². The third-order valence-corrected chi connectivity index (χ3v) is 1.87. The first kappa shape index (κ1) is 13.7. The smallest absolute Gasteiger partial charge is 0.322 e. The molecule has 0 heterocycles. The van der Waals surface area contributed by atoms with Gasteiger partial charge < -0.3 is 15.6 Å². The minimum absolute atomic E-state index is 0. The zero-order chi connectivity index (χ0) is 10.6. The molecule has 0 radical (unpaired) electrons. The van der Waals surface area contributed by atoms with Gasteiger partial charge in [0.2, 0.25) is 0 Å². The monoisotopic (exact) mass is 231 g/mol. The number of hydrogen-bond donors (Lipinski definition) is 2. The standard InChI is InChI=1S/C10H13NO3.ClH/c1-14-10(13)9(11)6-7-3-2-4-8(12)5-7;/h2-5,9,12H,6,11H2,1H3;1H. The number of rotatable bonds is 3. The lowest BCUT2D eigenvalue weighted by Gasteiger charge is -2.08. The Bertz CT molecular complexity index is 330. The van der Waals surface area contributed by atoms with Crippen molar-refractivity contribution in [2.45, 2.75) is 12.5 Å². The Morgan fingerprint density at radius 2 is 2.27 bits per heavy atom. The predicted octanol–water partition coefficient (Wildman–Crippen LogP) is 0.857. The van der Waals surface area contributed by atoms with Gasteiger partial charge in [-0.25, -0.2) is 0 Å². The molecule has 0 aromatic heterocycles. The molecule has 5 heteroatoms. The summed E-state index contributed by atoms with van der Waals surface area (Å²) in [6.07, 6.45) is 0.362. The maximum atomic E-state index is 11.0. The van der Waals surface area contributed by atoms with Gasteiger partial charge in [-0.05, 0) is 24.1 Å². The molecule has 0 amide bonds. The van der Waals surface area contributed by atoms with Crippen LogP contribution < -0.4 is 5.73 Å². The molecule has 4 nitrogen and oxygen atoms in total. The van der Waals surface area contributed by atoms with Gasteiger partial charge in [0.25, 0.3) is 0 Å². The highest BCUT2D eigenvalue weighted by Gasteiger charge is 2.13. The Balaban J connectivity index is 0.00000196. The van der Waals surface area contributed by atoms with Gasteiger partial charge in [-0.3, -0.25) is 4.79 Å². The number of nitrogens with two attached hydrogens (primary N) is 1. The van der Waals surface area contributed by atoms with Crippen molar-refractivity contribution in [3.8, 4) is 5.75 Å². The van der Waals surface area contributed by atoms with Crippen molar-refractivity contribution in [3.63, 3.8) is 0 Å². The molecule has 1 rings (SSSR count). The highest BCUT2D eigenvalue weighted by Crippen LogP contribution is 2.12. The van der Waals surface area contributed by atoms with Gasteiger partial charge in [0, 0.05) is 0 Å². The van der Waals surface area contributed by atoms with Crippen LogP contribution in [0.1, 0.15) is 5.56 Å². The van der Waals surface area contributed by atoms with Crippen LogP contribution in [0.15, 0.2) is 24.3 Å².